The quantitative estimate of drug-likeness (QED) is 0.797. The van der Waals surface area contributed by atoms with Crippen LogP contribution in [0.15, 0.2) is 30.3 Å². The van der Waals surface area contributed by atoms with Crippen molar-refractivity contribution >= 4 is 12.1 Å². The molecule has 1 aromatic rings. The van der Waals surface area contributed by atoms with Crippen LogP contribution in [0.4, 0.5) is 4.79 Å². The highest BCUT2D eigenvalue weighted by Gasteiger charge is 2.38. The van der Waals surface area contributed by atoms with Gasteiger partial charge in [0.1, 0.15) is 5.60 Å². The van der Waals surface area contributed by atoms with Crippen molar-refractivity contribution in [2.75, 3.05) is 19.7 Å². The first-order valence-corrected chi connectivity index (χ1v) is 9.67. The van der Waals surface area contributed by atoms with E-state index in [2.05, 4.69) is 12.2 Å². The topological polar surface area (TPSA) is 67.9 Å². The number of hydrogen-bond acceptors (Lipinski definition) is 5. The molecule has 0 aliphatic carbocycles. The van der Waals surface area contributed by atoms with E-state index >= 15 is 0 Å². The van der Waals surface area contributed by atoms with Crippen LogP contribution in [0.3, 0.4) is 0 Å². The van der Waals surface area contributed by atoms with Crippen LogP contribution in [0.1, 0.15) is 52.6 Å². The van der Waals surface area contributed by atoms with Gasteiger partial charge in [0.15, 0.2) is 0 Å². The summed E-state index contributed by atoms with van der Waals surface area (Å²) in [5.41, 5.74) is 0.587. The lowest BCUT2D eigenvalue weighted by atomic mass is 9.90. The SMILES string of the molecule is CCOC(=O)C1CCN(C(=O)OC(C)(C)C)C[C@H]1NC(C)c1ccccc1. The third-order valence-electron chi connectivity index (χ3n) is 4.62. The number of nitrogens with one attached hydrogen (secondary N) is 1. The maximum absolute atomic E-state index is 12.5. The van der Waals surface area contributed by atoms with Gasteiger partial charge in [0.2, 0.25) is 0 Å². The maximum Gasteiger partial charge on any atom is 0.410 e. The molecular formula is C21H32N2O4. The predicted octanol–water partition coefficient (Wildman–Crippen LogP) is 3.53. The molecule has 0 aromatic heterocycles. The highest BCUT2D eigenvalue weighted by molar-refractivity contribution is 5.74. The number of rotatable bonds is 5. The molecule has 1 aliphatic rings. The summed E-state index contributed by atoms with van der Waals surface area (Å²) in [7, 11) is 0. The van der Waals surface area contributed by atoms with Gasteiger partial charge in [-0.15, -0.1) is 0 Å². The zero-order valence-electron chi connectivity index (χ0n) is 17.0. The van der Waals surface area contributed by atoms with Crippen LogP contribution >= 0.6 is 0 Å². The van der Waals surface area contributed by atoms with E-state index in [-0.39, 0.29) is 30.1 Å². The normalized spacial score (nSPS) is 21.4. The molecule has 1 fully saturated rings. The average Bonchev–Trinajstić information content (AvgIpc) is 2.61. The van der Waals surface area contributed by atoms with Crippen LogP contribution < -0.4 is 5.32 Å². The molecule has 1 N–H and O–H groups in total. The second-order valence-electron chi connectivity index (χ2n) is 7.98. The smallest absolute Gasteiger partial charge is 0.410 e. The Morgan fingerprint density at radius 2 is 1.93 bits per heavy atom. The van der Waals surface area contributed by atoms with Crippen molar-refractivity contribution < 1.29 is 19.1 Å². The highest BCUT2D eigenvalue weighted by Crippen LogP contribution is 2.24. The number of carbonyl (C=O) groups is 2. The molecule has 0 radical (unpaired) electrons. The average molecular weight is 376 g/mol. The summed E-state index contributed by atoms with van der Waals surface area (Å²) >= 11 is 0. The molecule has 3 atom stereocenters. The third-order valence-corrected chi connectivity index (χ3v) is 4.62. The Hall–Kier alpha value is -2.08. The molecule has 1 heterocycles. The Labute approximate surface area is 162 Å². The van der Waals surface area contributed by atoms with Crippen molar-refractivity contribution in [3.05, 3.63) is 35.9 Å². The fourth-order valence-corrected chi connectivity index (χ4v) is 3.30. The summed E-state index contributed by atoms with van der Waals surface area (Å²) in [5, 5.41) is 3.52. The van der Waals surface area contributed by atoms with Crippen LogP contribution in [-0.4, -0.2) is 48.3 Å². The summed E-state index contributed by atoms with van der Waals surface area (Å²) in [6, 6.07) is 9.90. The van der Waals surface area contributed by atoms with Gasteiger partial charge < -0.3 is 19.7 Å². The summed E-state index contributed by atoms with van der Waals surface area (Å²) in [4.78, 5) is 26.6. The second-order valence-corrected chi connectivity index (χ2v) is 7.98. The molecule has 2 unspecified atom stereocenters. The first-order chi connectivity index (χ1) is 12.7. The van der Waals surface area contributed by atoms with Gasteiger partial charge in [-0.05, 0) is 46.6 Å². The largest absolute Gasteiger partial charge is 0.466 e. The fraction of sp³-hybridized carbons (Fsp3) is 0.619. The highest BCUT2D eigenvalue weighted by atomic mass is 16.6. The van der Waals surface area contributed by atoms with Crippen molar-refractivity contribution in [2.24, 2.45) is 5.92 Å². The first kappa shape index (κ1) is 21.2. The van der Waals surface area contributed by atoms with Crippen molar-refractivity contribution in [3.63, 3.8) is 0 Å². The van der Waals surface area contributed by atoms with E-state index < -0.39 is 5.60 Å². The molecule has 27 heavy (non-hydrogen) atoms. The van der Waals surface area contributed by atoms with Gasteiger partial charge in [-0.1, -0.05) is 30.3 Å². The van der Waals surface area contributed by atoms with Gasteiger partial charge in [0, 0.05) is 25.2 Å². The number of benzene rings is 1. The van der Waals surface area contributed by atoms with E-state index in [4.69, 9.17) is 9.47 Å². The van der Waals surface area contributed by atoms with Crippen molar-refractivity contribution in [1.82, 2.24) is 10.2 Å². The number of nitrogens with zero attached hydrogens (tertiary/aromatic N) is 1. The lowest BCUT2D eigenvalue weighted by molar-refractivity contribution is -0.151. The molecule has 1 saturated heterocycles. The number of piperidine rings is 1. The zero-order valence-corrected chi connectivity index (χ0v) is 17.0. The van der Waals surface area contributed by atoms with Gasteiger partial charge in [-0.2, -0.15) is 0 Å². The van der Waals surface area contributed by atoms with Gasteiger partial charge in [-0.3, -0.25) is 4.79 Å². The summed E-state index contributed by atoms with van der Waals surface area (Å²) < 4.78 is 10.8. The molecule has 2 rings (SSSR count). The lowest BCUT2D eigenvalue weighted by Gasteiger charge is -2.39. The number of hydrogen-bond donors (Lipinski definition) is 1. The number of amides is 1. The van der Waals surface area contributed by atoms with E-state index in [0.717, 1.165) is 5.56 Å². The summed E-state index contributed by atoms with van der Waals surface area (Å²) in [5.74, 6) is -0.492. The van der Waals surface area contributed by atoms with Gasteiger partial charge in [-0.25, -0.2) is 4.79 Å². The van der Waals surface area contributed by atoms with E-state index in [1.807, 2.05) is 58.0 Å². The van der Waals surface area contributed by atoms with E-state index in [0.29, 0.717) is 26.1 Å². The Kier molecular flexibility index (Phi) is 7.25. The molecule has 1 amide bonds. The Bertz CT molecular complexity index is 627. The van der Waals surface area contributed by atoms with Crippen molar-refractivity contribution in [2.45, 2.75) is 58.7 Å². The molecule has 6 nitrogen and oxygen atoms in total. The van der Waals surface area contributed by atoms with Crippen LogP contribution in [-0.2, 0) is 14.3 Å². The van der Waals surface area contributed by atoms with Crippen molar-refractivity contribution in [1.29, 1.82) is 0 Å². The number of ether oxygens (including phenoxy) is 2. The zero-order chi connectivity index (χ0) is 20.0. The molecule has 1 aliphatic heterocycles. The standard InChI is InChI=1S/C21H32N2O4/c1-6-26-19(24)17-12-13-23(20(25)27-21(3,4)5)14-18(17)22-15(2)16-10-8-7-9-11-16/h7-11,15,17-18,22H,6,12-14H2,1-5H3/t15?,17?,18-/m1/s1. The van der Waals surface area contributed by atoms with Crippen molar-refractivity contribution in [3.8, 4) is 0 Å². The van der Waals surface area contributed by atoms with Gasteiger partial charge in [0.25, 0.3) is 0 Å². The Morgan fingerprint density at radius 1 is 1.26 bits per heavy atom. The third kappa shape index (κ3) is 6.24. The number of likely N-dealkylation sites (tertiary alicyclic amines) is 1. The van der Waals surface area contributed by atoms with E-state index in [9.17, 15) is 9.59 Å². The number of esters is 1. The summed E-state index contributed by atoms with van der Waals surface area (Å²) in [6.07, 6.45) is 0.209. The molecular weight excluding hydrogens is 344 g/mol. The molecule has 0 saturated carbocycles. The maximum atomic E-state index is 12.5. The molecule has 0 spiro atoms. The monoisotopic (exact) mass is 376 g/mol. The van der Waals surface area contributed by atoms with Crippen LogP contribution in [0, 0.1) is 5.92 Å². The fourth-order valence-electron chi connectivity index (χ4n) is 3.30. The van der Waals surface area contributed by atoms with Crippen LogP contribution in [0.2, 0.25) is 0 Å². The summed E-state index contributed by atoms with van der Waals surface area (Å²) in [6.45, 7) is 10.7. The lowest BCUT2D eigenvalue weighted by Crippen LogP contribution is -2.56. The van der Waals surface area contributed by atoms with Crippen LogP contribution in [0.5, 0.6) is 0 Å². The van der Waals surface area contributed by atoms with Crippen LogP contribution in [0.25, 0.3) is 0 Å². The van der Waals surface area contributed by atoms with E-state index in [1.54, 1.807) is 4.90 Å². The minimum Gasteiger partial charge on any atom is -0.466 e. The number of carbonyl (C=O) groups excluding carboxylic acids is 2. The predicted molar refractivity (Wildman–Crippen MR) is 104 cm³/mol. The molecule has 6 heteroatoms. The molecule has 0 bridgehead atoms. The Morgan fingerprint density at radius 3 is 2.52 bits per heavy atom. The first-order valence-electron chi connectivity index (χ1n) is 9.67. The minimum absolute atomic E-state index is 0.0479. The minimum atomic E-state index is -0.546. The molecule has 1 aromatic carbocycles. The van der Waals surface area contributed by atoms with Gasteiger partial charge >= 0.3 is 12.1 Å². The second kappa shape index (κ2) is 9.22. The Balaban J connectivity index is 2.12. The van der Waals surface area contributed by atoms with E-state index in [1.165, 1.54) is 0 Å². The molecule has 150 valence electrons. The van der Waals surface area contributed by atoms with Gasteiger partial charge in [0.05, 0.1) is 12.5 Å².